The van der Waals surface area contributed by atoms with Gasteiger partial charge in [0.25, 0.3) is 0 Å². The first-order valence-corrected chi connectivity index (χ1v) is 6.65. The second-order valence-electron chi connectivity index (χ2n) is 4.67. The highest BCUT2D eigenvalue weighted by molar-refractivity contribution is 6.31. The lowest BCUT2D eigenvalue weighted by Crippen LogP contribution is -2.13. The van der Waals surface area contributed by atoms with Crippen molar-refractivity contribution in [2.24, 2.45) is 0 Å². The second kappa shape index (κ2) is 5.30. The van der Waals surface area contributed by atoms with Crippen molar-refractivity contribution in [2.75, 3.05) is 0 Å². The molecule has 0 aliphatic rings. The molecule has 21 heavy (non-hydrogen) atoms. The zero-order valence-electron chi connectivity index (χ0n) is 10.8. The van der Waals surface area contributed by atoms with Gasteiger partial charge in [-0.15, -0.1) is 0 Å². The molecule has 0 unspecified atom stereocenters. The largest absolute Gasteiger partial charge is 0.340 e. The maximum absolute atomic E-state index is 13.6. The van der Waals surface area contributed by atoms with Crippen LogP contribution in [0.4, 0.5) is 8.78 Å². The molecule has 1 aromatic heterocycles. The maximum atomic E-state index is 13.6. The van der Waals surface area contributed by atoms with Crippen molar-refractivity contribution in [3.05, 3.63) is 70.9 Å². The normalized spacial score (nSPS) is 11.0. The number of benzene rings is 2. The fourth-order valence-corrected chi connectivity index (χ4v) is 2.49. The highest BCUT2D eigenvalue weighted by Crippen LogP contribution is 2.21. The van der Waals surface area contributed by atoms with E-state index in [-0.39, 0.29) is 6.54 Å². The van der Waals surface area contributed by atoms with E-state index in [0.717, 1.165) is 23.0 Å². The van der Waals surface area contributed by atoms with Crippen molar-refractivity contribution in [1.82, 2.24) is 4.57 Å². The summed E-state index contributed by atoms with van der Waals surface area (Å²) in [5.74, 6) is -2.31. The molecule has 3 rings (SSSR count). The van der Waals surface area contributed by atoms with E-state index in [9.17, 15) is 13.6 Å². The Balaban J connectivity index is 1.97. The minimum atomic E-state index is -0.848. The minimum Gasteiger partial charge on any atom is -0.340 e. The molecule has 0 aliphatic heterocycles. The van der Waals surface area contributed by atoms with E-state index in [1.54, 1.807) is 35.0 Å². The molecule has 0 fully saturated rings. The molecule has 0 radical (unpaired) electrons. The van der Waals surface area contributed by atoms with Crippen LogP contribution in [0.25, 0.3) is 10.9 Å². The molecular formula is C16H10ClF2NO. The quantitative estimate of drug-likeness (QED) is 0.655. The molecule has 5 heteroatoms. The topological polar surface area (TPSA) is 22.0 Å². The van der Waals surface area contributed by atoms with Crippen LogP contribution >= 0.6 is 11.6 Å². The average Bonchev–Trinajstić information content (AvgIpc) is 2.80. The molecule has 106 valence electrons. The van der Waals surface area contributed by atoms with Crippen LogP contribution in [0, 0.1) is 11.6 Å². The Hall–Kier alpha value is -2.20. The molecule has 1 heterocycles. The molecule has 2 aromatic carbocycles. The summed E-state index contributed by atoms with van der Waals surface area (Å²) in [5.41, 5.74) is 0.276. The third kappa shape index (κ3) is 2.54. The zero-order valence-corrected chi connectivity index (χ0v) is 11.6. The summed E-state index contributed by atoms with van der Waals surface area (Å²) in [6, 6.07) is 10.4. The summed E-state index contributed by atoms with van der Waals surface area (Å²) in [4.78, 5) is 12.1. The van der Waals surface area contributed by atoms with Crippen molar-refractivity contribution in [1.29, 1.82) is 0 Å². The fourth-order valence-electron chi connectivity index (χ4n) is 2.31. The first-order chi connectivity index (χ1) is 10.1. The summed E-state index contributed by atoms with van der Waals surface area (Å²) in [6.07, 6.45) is 1.69. The lowest BCUT2D eigenvalue weighted by molar-refractivity contribution is 0.0965. The minimum absolute atomic E-state index is 0.136. The molecule has 3 aromatic rings. The standard InChI is InChI=1S/C16H10ClF2NO/c17-11-4-5-14-10(8-11)6-7-20(14)9-15(21)16-12(18)2-1-3-13(16)19/h1-8H,9H2. The molecule has 0 saturated heterocycles. The van der Waals surface area contributed by atoms with Crippen molar-refractivity contribution in [3.63, 3.8) is 0 Å². The highest BCUT2D eigenvalue weighted by Gasteiger charge is 2.17. The van der Waals surface area contributed by atoms with Gasteiger partial charge in [-0.3, -0.25) is 4.79 Å². The van der Waals surface area contributed by atoms with Gasteiger partial charge in [-0.2, -0.15) is 0 Å². The number of ketones is 1. The Morgan fingerprint density at radius 1 is 1.10 bits per heavy atom. The highest BCUT2D eigenvalue weighted by atomic mass is 35.5. The SMILES string of the molecule is O=C(Cn1ccc2cc(Cl)ccc21)c1c(F)cccc1F. The van der Waals surface area contributed by atoms with Gasteiger partial charge in [-0.25, -0.2) is 8.78 Å². The van der Waals surface area contributed by atoms with Gasteiger partial charge >= 0.3 is 0 Å². The Morgan fingerprint density at radius 3 is 2.52 bits per heavy atom. The van der Waals surface area contributed by atoms with Gasteiger partial charge in [0, 0.05) is 22.1 Å². The van der Waals surface area contributed by atoms with E-state index in [2.05, 4.69) is 0 Å². The van der Waals surface area contributed by atoms with Crippen molar-refractivity contribution < 1.29 is 13.6 Å². The van der Waals surface area contributed by atoms with Crippen LogP contribution in [0.1, 0.15) is 10.4 Å². The number of hydrogen-bond donors (Lipinski definition) is 0. The number of Topliss-reactive ketones (excluding diaryl/α,β-unsaturated/α-hetero) is 1. The van der Waals surface area contributed by atoms with Crippen LogP contribution in [-0.2, 0) is 6.54 Å². The Bertz CT molecular complexity index is 821. The lowest BCUT2D eigenvalue weighted by atomic mass is 10.1. The molecule has 2 nitrogen and oxygen atoms in total. The molecule has 0 atom stereocenters. The van der Waals surface area contributed by atoms with Gasteiger partial charge in [0.1, 0.15) is 11.6 Å². The van der Waals surface area contributed by atoms with Gasteiger partial charge in [-0.05, 0) is 36.4 Å². The number of halogens is 3. The van der Waals surface area contributed by atoms with Crippen LogP contribution < -0.4 is 0 Å². The van der Waals surface area contributed by atoms with E-state index in [4.69, 9.17) is 11.6 Å². The number of carbonyl (C=O) groups excluding carboxylic acids is 1. The molecule has 0 aliphatic carbocycles. The third-order valence-electron chi connectivity index (χ3n) is 3.29. The van der Waals surface area contributed by atoms with Gasteiger partial charge in [-0.1, -0.05) is 17.7 Å². The number of aromatic nitrogens is 1. The van der Waals surface area contributed by atoms with Crippen LogP contribution in [0.15, 0.2) is 48.7 Å². The van der Waals surface area contributed by atoms with Crippen molar-refractivity contribution in [2.45, 2.75) is 6.54 Å². The van der Waals surface area contributed by atoms with Gasteiger partial charge in [0.15, 0.2) is 5.78 Å². The average molecular weight is 306 g/mol. The Kier molecular flexibility index (Phi) is 3.47. The number of rotatable bonds is 3. The number of fused-ring (bicyclic) bond motifs is 1. The van der Waals surface area contributed by atoms with Crippen molar-refractivity contribution >= 4 is 28.3 Å². The zero-order chi connectivity index (χ0) is 15.0. The summed E-state index contributed by atoms with van der Waals surface area (Å²) >= 11 is 5.90. The van der Waals surface area contributed by atoms with Gasteiger partial charge in [0.05, 0.1) is 12.1 Å². The van der Waals surface area contributed by atoms with E-state index in [0.29, 0.717) is 5.02 Å². The number of carbonyl (C=O) groups is 1. The number of hydrogen-bond acceptors (Lipinski definition) is 1. The molecule has 0 saturated carbocycles. The maximum Gasteiger partial charge on any atom is 0.188 e. The van der Waals surface area contributed by atoms with Gasteiger partial charge < -0.3 is 4.57 Å². The smallest absolute Gasteiger partial charge is 0.188 e. The van der Waals surface area contributed by atoms with Gasteiger partial charge in [0.2, 0.25) is 0 Å². The molecule has 0 bridgehead atoms. The summed E-state index contributed by atoms with van der Waals surface area (Å²) in [6.45, 7) is -0.136. The molecule has 0 amide bonds. The Labute approximate surface area is 124 Å². The van der Waals surface area contributed by atoms with Crippen molar-refractivity contribution in [3.8, 4) is 0 Å². The summed E-state index contributed by atoms with van der Waals surface area (Å²) < 4.78 is 28.9. The summed E-state index contributed by atoms with van der Waals surface area (Å²) in [7, 11) is 0. The van der Waals surface area contributed by atoms with Crippen LogP contribution in [0.3, 0.4) is 0 Å². The van der Waals surface area contributed by atoms with E-state index in [1.807, 2.05) is 0 Å². The summed E-state index contributed by atoms with van der Waals surface area (Å²) in [5, 5.41) is 1.45. The Morgan fingerprint density at radius 2 is 1.81 bits per heavy atom. The van der Waals surface area contributed by atoms with Crippen LogP contribution in [-0.4, -0.2) is 10.4 Å². The predicted molar refractivity (Wildman–Crippen MR) is 77.6 cm³/mol. The van der Waals surface area contributed by atoms with E-state index in [1.165, 1.54) is 6.07 Å². The fraction of sp³-hybridized carbons (Fsp3) is 0.0625. The lowest BCUT2D eigenvalue weighted by Gasteiger charge is -2.07. The first kappa shape index (κ1) is 13.8. The van der Waals surface area contributed by atoms with Crippen LogP contribution in [0.5, 0.6) is 0 Å². The second-order valence-corrected chi connectivity index (χ2v) is 5.10. The van der Waals surface area contributed by atoms with Crippen LogP contribution in [0.2, 0.25) is 5.02 Å². The predicted octanol–water partition coefficient (Wildman–Crippen LogP) is 4.46. The first-order valence-electron chi connectivity index (χ1n) is 6.28. The molecular weight excluding hydrogens is 296 g/mol. The molecule has 0 spiro atoms. The monoisotopic (exact) mass is 305 g/mol. The number of nitrogens with zero attached hydrogens (tertiary/aromatic N) is 1. The van der Waals surface area contributed by atoms with E-state index < -0.39 is 23.0 Å². The third-order valence-corrected chi connectivity index (χ3v) is 3.52. The molecule has 0 N–H and O–H groups in total. The van der Waals surface area contributed by atoms with E-state index >= 15 is 0 Å².